The van der Waals surface area contributed by atoms with Gasteiger partial charge in [-0.1, -0.05) is 11.8 Å². The number of nitrogens with zero attached hydrogens (tertiary/aromatic N) is 5. The van der Waals surface area contributed by atoms with Gasteiger partial charge >= 0.3 is 5.97 Å². The Morgan fingerprint density at radius 1 is 1.19 bits per heavy atom. The molecule has 0 saturated carbocycles. The molecular formula is C33H42BrN7O12S. The fourth-order valence-electron chi connectivity index (χ4n) is 6.88. The second kappa shape index (κ2) is 16.5. The number of likely N-dealkylation sites (tertiary alicyclic amines) is 1. The van der Waals surface area contributed by atoms with Gasteiger partial charge in [-0.2, -0.15) is 0 Å². The number of aliphatic hydroxyl groups excluding tert-OH is 4. The summed E-state index contributed by atoms with van der Waals surface area (Å²) in [6.07, 6.45) is -5.75. The van der Waals surface area contributed by atoms with Crippen molar-refractivity contribution in [2.45, 2.75) is 98.5 Å². The first-order valence-electron chi connectivity index (χ1n) is 17.2. The Labute approximate surface area is 321 Å². The molecular weight excluding hydrogens is 798 g/mol. The van der Waals surface area contributed by atoms with Crippen LogP contribution in [-0.4, -0.2) is 137 Å². The molecule has 0 spiro atoms. The third kappa shape index (κ3) is 8.22. The number of nitrogens with two attached hydrogens (primary N) is 1. The average molecular weight is 841 g/mol. The molecule has 4 unspecified atom stereocenters. The fourth-order valence-corrected chi connectivity index (χ4v) is 8.39. The molecule has 21 heteroatoms. The van der Waals surface area contributed by atoms with Crippen LogP contribution >= 0.6 is 27.7 Å². The highest BCUT2D eigenvalue weighted by molar-refractivity contribution is 9.10. The smallest absolute Gasteiger partial charge is 0.364 e. The quantitative estimate of drug-likeness (QED) is 0.121. The number of fused-ring (bicyclic) bond motifs is 2. The van der Waals surface area contributed by atoms with Crippen molar-refractivity contribution < 1.29 is 58.9 Å². The van der Waals surface area contributed by atoms with Crippen molar-refractivity contribution in [3.8, 4) is 11.5 Å². The van der Waals surface area contributed by atoms with E-state index in [2.05, 4.69) is 31.2 Å². The number of amides is 2. The largest absolute Gasteiger partial charge is 0.477 e. The molecule has 0 radical (unpaired) electrons. The molecule has 2 aromatic heterocycles. The summed E-state index contributed by atoms with van der Waals surface area (Å²) in [5.74, 6) is -3.72. The summed E-state index contributed by atoms with van der Waals surface area (Å²) in [6, 6.07) is 2.36. The summed E-state index contributed by atoms with van der Waals surface area (Å²) in [6.45, 7) is 3.00. The average Bonchev–Trinajstić information content (AvgIpc) is 3.75. The molecule has 54 heavy (non-hydrogen) atoms. The number of piperidine rings is 1. The van der Waals surface area contributed by atoms with Gasteiger partial charge in [0.1, 0.15) is 30.7 Å². The van der Waals surface area contributed by atoms with Crippen molar-refractivity contribution in [3.63, 3.8) is 0 Å². The Morgan fingerprint density at radius 3 is 2.56 bits per heavy atom. The van der Waals surface area contributed by atoms with E-state index >= 15 is 0 Å². The van der Waals surface area contributed by atoms with Crippen molar-refractivity contribution in [1.82, 2.24) is 29.7 Å². The molecule has 8 N–H and O–H groups in total. The van der Waals surface area contributed by atoms with Gasteiger partial charge in [0.2, 0.25) is 12.7 Å². The number of nitrogens with one attached hydrogen (secondary N) is 1. The Bertz CT molecular complexity index is 1880. The molecule has 5 heterocycles. The van der Waals surface area contributed by atoms with Gasteiger partial charge in [0.15, 0.2) is 33.6 Å². The van der Waals surface area contributed by atoms with E-state index in [0.29, 0.717) is 60.3 Å². The van der Waals surface area contributed by atoms with E-state index in [9.17, 15) is 39.9 Å². The summed E-state index contributed by atoms with van der Waals surface area (Å²) >= 11 is 5.02. The molecule has 7 atom stereocenters. The fraction of sp³-hybridized carbons (Fsp3) is 0.576. The Hall–Kier alpha value is -3.83. The summed E-state index contributed by atoms with van der Waals surface area (Å²) < 4.78 is 25.3. The summed E-state index contributed by atoms with van der Waals surface area (Å²) in [7, 11) is 0. The van der Waals surface area contributed by atoms with Gasteiger partial charge in [0, 0.05) is 42.3 Å². The predicted octanol–water partition coefficient (Wildman–Crippen LogP) is 0.234. The maximum atomic E-state index is 13.6. The zero-order chi connectivity index (χ0) is 38.9. The lowest BCUT2D eigenvalue weighted by Crippen LogP contribution is -2.68. The number of aromatic nitrogens is 4. The number of carboxylic acids is 1. The third-order valence-electron chi connectivity index (χ3n) is 9.74. The SMILES string of the molecule is CC(=O)N[C@@H]1C(C(O)C(O)CO)OC(O[C@@H](C)C(=O)N2CCC(CCn3c(Sc4cc5c(cc4Br)OCO5)nc4c(N)ncnc43)CC2)(C(=O)O)C[C@@H]1O. The number of hydrogen-bond acceptors (Lipinski definition) is 16. The van der Waals surface area contributed by atoms with Gasteiger partial charge in [-0.05, 0) is 60.2 Å². The number of imidazole rings is 1. The van der Waals surface area contributed by atoms with Gasteiger partial charge in [-0.15, -0.1) is 0 Å². The number of anilines is 1. The minimum atomic E-state index is -2.63. The molecule has 3 aromatic rings. The number of aryl methyl sites for hydroxylation is 1. The number of carbonyl (C=O) groups is 3. The molecule has 6 rings (SSSR count). The number of carboxylic acid groups (broad SMARTS) is 1. The van der Waals surface area contributed by atoms with E-state index in [1.54, 1.807) is 4.90 Å². The predicted molar refractivity (Wildman–Crippen MR) is 191 cm³/mol. The van der Waals surface area contributed by atoms with Gasteiger partial charge in [0.05, 0.1) is 18.8 Å². The van der Waals surface area contributed by atoms with E-state index in [1.165, 1.54) is 25.0 Å². The summed E-state index contributed by atoms with van der Waals surface area (Å²) in [5.41, 5.74) is 7.24. The van der Waals surface area contributed by atoms with Crippen molar-refractivity contribution in [1.29, 1.82) is 0 Å². The second-order valence-electron chi connectivity index (χ2n) is 13.4. The molecule has 1 aromatic carbocycles. The van der Waals surface area contributed by atoms with Crippen LogP contribution in [0.2, 0.25) is 0 Å². The minimum absolute atomic E-state index is 0.142. The maximum Gasteiger partial charge on any atom is 0.364 e. The molecule has 19 nitrogen and oxygen atoms in total. The lowest BCUT2D eigenvalue weighted by molar-refractivity contribution is -0.319. The van der Waals surface area contributed by atoms with Crippen LogP contribution in [0.1, 0.15) is 39.5 Å². The molecule has 0 aliphatic carbocycles. The molecule has 294 valence electrons. The first-order valence-corrected chi connectivity index (χ1v) is 18.9. The highest BCUT2D eigenvalue weighted by atomic mass is 79.9. The van der Waals surface area contributed by atoms with Crippen molar-refractivity contribution in [2.75, 3.05) is 32.2 Å². The number of benzene rings is 1. The number of aliphatic carboxylic acids is 1. The molecule has 3 aliphatic heterocycles. The van der Waals surface area contributed by atoms with Crippen molar-refractivity contribution >= 4 is 62.5 Å². The van der Waals surface area contributed by atoms with E-state index in [-0.39, 0.29) is 18.5 Å². The minimum Gasteiger partial charge on any atom is -0.477 e. The van der Waals surface area contributed by atoms with Crippen LogP contribution in [0.4, 0.5) is 5.82 Å². The highest BCUT2D eigenvalue weighted by Crippen LogP contribution is 2.43. The number of aliphatic hydroxyl groups is 4. The lowest BCUT2D eigenvalue weighted by atomic mass is 9.88. The van der Waals surface area contributed by atoms with E-state index < -0.39 is 73.2 Å². The molecule has 3 aliphatic rings. The van der Waals surface area contributed by atoms with E-state index in [0.717, 1.165) is 22.7 Å². The van der Waals surface area contributed by atoms with Crippen LogP contribution in [-0.2, 0) is 30.4 Å². The lowest BCUT2D eigenvalue weighted by Gasteiger charge is -2.47. The third-order valence-corrected chi connectivity index (χ3v) is 11.7. The van der Waals surface area contributed by atoms with Crippen LogP contribution in [0.15, 0.2) is 33.0 Å². The van der Waals surface area contributed by atoms with Crippen molar-refractivity contribution in [3.05, 3.63) is 22.9 Å². The topological polar surface area (TPSA) is 274 Å². The number of ether oxygens (including phenoxy) is 4. The normalized spacial score (nSPS) is 24.6. The van der Waals surface area contributed by atoms with Gasteiger partial charge in [-0.25, -0.2) is 19.7 Å². The van der Waals surface area contributed by atoms with Crippen LogP contribution in [0, 0.1) is 5.92 Å². The Morgan fingerprint density at radius 2 is 1.89 bits per heavy atom. The van der Waals surface area contributed by atoms with Crippen LogP contribution in [0.25, 0.3) is 11.2 Å². The van der Waals surface area contributed by atoms with Gasteiger partial charge < -0.3 is 65.0 Å². The summed E-state index contributed by atoms with van der Waals surface area (Å²) in [4.78, 5) is 53.8. The van der Waals surface area contributed by atoms with E-state index in [4.69, 9.17) is 29.7 Å². The molecule has 2 fully saturated rings. The van der Waals surface area contributed by atoms with E-state index in [1.807, 2.05) is 16.7 Å². The van der Waals surface area contributed by atoms with Crippen molar-refractivity contribution in [2.24, 2.45) is 5.92 Å². The number of nitrogen functional groups attached to an aromatic ring is 1. The summed E-state index contributed by atoms with van der Waals surface area (Å²) in [5, 5.41) is 54.3. The Balaban J connectivity index is 1.10. The first-order chi connectivity index (χ1) is 25.7. The number of hydrogen-bond donors (Lipinski definition) is 7. The standard InChI is InChI=1S/C33H42BrN7O12S/c1-15(52-33(31(48)49)11-19(44)24(38-16(2)43)27(53-33)26(46)20(45)12-42)30(47)40-6-3-17(4-7-40)5-8-41-29-25(28(35)36-13-37-29)39-32(41)54-23-10-22-21(9-18(23)34)50-14-51-22/h9-10,13,15,17,19-20,24,26-27,42,44-46H,3-8,11-12,14H2,1-2H3,(H,38,43)(H,48,49)(H2,35,36,37)/t15-,19-,20?,24-,26?,27?,33?/m0/s1. The van der Waals surface area contributed by atoms with Crippen LogP contribution in [0.3, 0.4) is 0 Å². The van der Waals surface area contributed by atoms with Crippen LogP contribution in [0.5, 0.6) is 11.5 Å². The highest BCUT2D eigenvalue weighted by Gasteiger charge is 2.57. The molecule has 2 saturated heterocycles. The Kier molecular flexibility index (Phi) is 12.2. The number of carbonyl (C=O) groups excluding carboxylic acids is 2. The van der Waals surface area contributed by atoms with Gasteiger partial charge in [0.25, 0.3) is 11.7 Å². The zero-order valence-electron chi connectivity index (χ0n) is 29.3. The molecule has 2 amide bonds. The first kappa shape index (κ1) is 39.9. The number of halogens is 1. The van der Waals surface area contributed by atoms with Crippen LogP contribution < -0.4 is 20.5 Å². The zero-order valence-corrected chi connectivity index (χ0v) is 31.7. The number of rotatable bonds is 13. The second-order valence-corrected chi connectivity index (χ2v) is 15.3. The van der Waals surface area contributed by atoms with Gasteiger partial charge in [-0.3, -0.25) is 9.59 Å². The maximum absolute atomic E-state index is 13.6. The monoisotopic (exact) mass is 839 g/mol. The molecule has 0 bridgehead atoms.